The van der Waals surface area contributed by atoms with Gasteiger partial charge in [-0.15, -0.1) is 0 Å². The van der Waals surface area contributed by atoms with Crippen LogP contribution in [0.1, 0.15) is 24.0 Å². The number of amides is 2. The summed E-state index contributed by atoms with van der Waals surface area (Å²) < 4.78 is 5.39. The van der Waals surface area contributed by atoms with Gasteiger partial charge in [0.25, 0.3) is 5.91 Å². The number of nitrogens with two attached hydrogens (primary N) is 1. The van der Waals surface area contributed by atoms with Crippen LogP contribution in [0, 0.1) is 0 Å². The van der Waals surface area contributed by atoms with Gasteiger partial charge in [0.2, 0.25) is 5.91 Å². The number of hydrogen-bond donors (Lipinski definition) is 3. The molecule has 27 heavy (non-hydrogen) atoms. The zero-order valence-electron chi connectivity index (χ0n) is 15.2. The Morgan fingerprint density at radius 3 is 2.63 bits per heavy atom. The fourth-order valence-electron chi connectivity index (χ4n) is 3.05. The number of carbonyl (C=O) groups is 2. The number of rotatable bonds is 7. The van der Waals surface area contributed by atoms with E-state index in [1.165, 1.54) is 0 Å². The summed E-state index contributed by atoms with van der Waals surface area (Å²) in [6.07, 6.45) is 1.78. The van der Waals surface area contributed by atoms with E-state index in [1.54, 1.807) is 0 Å². The highest BCUT2D eigenvalue weighted by molar-refractivity contribution is 5.94. The lowest BCUT2D eigenvalue weighted by Gasteiger charge is -2.14. The van der Waals surface area contributed by atoms with Crippen LogP contribution in [-0.2, 0) is 27.3 Å². The second-order valence-corrected chi connectivity index (χ2v) is 6.71. The van der Waals surface area contributed by atoms with Crippen LogP contribution in [0.25, 0.3) is 0 Å². The van der Waals surface area contributed by atoms with Crippen molar-refractivity contribution in [3.8, 4) is 0 Å². The van der Waals surface area contributed by atoms with Crippen LogP contribution in [0.4, 0.5) is 5.69 Å². The molecule has 1 heterocycles. The molecule has 0 bridgehead atoms. The summed E-state index contributed by atoms with van der Waals surface area (Å²) in [5.74, 6) is -0.328. The molecule has 6 nitrogen and oxygen atoms in total. The molecule has 1 saturated heterocycles. The lowest BCUT2D eigenvalue weighted by molar-refractivity contribution is -0.124. The Morgan fingerprint density at radius 1 is 1.11 bits per heavy atom. The SMILES string of the molecule is N[C@@H](Cc1ccccc1)C(=O)NCc1cccc(NC(=O)C2CCCO2)c1. The summed E-state index contributed by atoms with van der Waals surface area (Å²) in [5.41, 5.74) is 8.60. The molecule has 0 radical (unpaired) electrons. The first-order valence-electron chi connectivity index (χ1n) is 9.20. The standard InChI is InChI=1S/C21H25N3O3/c22-18(13-15-6-2-1-3-7-15)20(25)23-14-16-8-4-9-17(12-16)24-21(26)19-10-5-11-27-19/h1-4,6-9,12,18-19H,5,10-11,13-14,22H2,(H,23,25)(H,24,26)/t18-,19?/m0/s1. The first-order chi connectivity index (χ1) is 13.1. The number of carbonyl (C=O) groups excluding carboxylic acids is 2. The van der Waals surface area contributed by atoms with E-state index >= 15 is 0 Å². The maximum Gasteiger partial charge on any atom is 0.253 e. The van der Waals surface area contributed by atoms with Crippen molar-refractivity contribution in [1.82, 2.24) is 5.32 Å². The van der Waals surface area contributed by atoms with Crippen molar-refractivity contribution in [3.05, 3.63) is 65.7 Å². The van der Waals surface area contributed by atoms with E-state index in [2.05, 4.69) is 10.6 Å². The van der Waals surface area contributed by atoms with Gasteiger partial charge in [0, 0.05) is 18.8 Å². The molecule has 142 valence electrons. The Morgan fingerprint density at radius 2 is 1.89 bits per heavy atom. The lowest BCUT2D eigenvalue weighted by Crippen LogP contribution is -2.41. The van der Waals surface area contributed by atoms with Crippen LogP contribution in [0.2, 0.25) is 0 Å². The number of nitrogens with one attached hydrogen (secondary N) is 2. The van der Waals surface area contributed by atoms with Gasteiger partial charge in [-0.05, 0) is 42.5 Å². The predicted molar refractivity (Wildman–Crippen MR) is 104 cm³/mol. The van der Waals surface area contributed by atoms with E-state index in [9.17, 15) is 9.59 Å². The first kappa shape index (κ1) is 19.1. The summed E-state index contributed by atoms with van der Waals surface area (Å²) in [6, 6.07) is 16.5. The molecule has 2 atom stereocenters. The summed E-state index contributed by atoms with van der Waals surface area (Å²) in [5, 5.41) is 5.72. The van der Waals surface area contributed by atoms with E-state index in [4.69, 9.17) is 10.5 Å². The van der Waals surface area contributed by atoms with Crippen LogP contribution >= 0.6 is 0 Å². The maximum absolute atomic E-state index is 12.2. The van der Waals surface area contributed by atoms with Crippen LogP contribution in [-0.4, -0.2) is 30.6 Å². The molecule has 0 saturated carbocycles. The molecule has 1 unspecified atom stereocenters. The van der Waals surface area contributed by atoms with E-state index < -0.39 is 6.04 Å². The second kappa shape index (κ2) is 9.30. The molecule has 1 fully saturated rings. The minimum absolute atomic E-state index is 0.126. The monoisotopic (exact) mass is 367 g/mol. The fraction of sp³-hybridized carbons (Fsp3) is 0.333. The Hall–Kier alpha value is -2.70. The fourth-order valence-corrected chi connectivity index (χ4v) is 3.05. The highest BCUT2D eigenvalue weighted by atomic mass is 16.5. The van der Waals surface area contributed by atoms with Crippen molar-refractivity contribution < 1.29 is 14.3 Å². The lowest BCUT2D eigenvalue weighted by atomic mass is 10.1. The molecule has 3 rings (SSSR count). The van der Waals surface area contributed by atoms with Crippen LogP contribution in [0.5, 0.6) is 0 Å². The van der Waals surface area contributed by atoms with Crippen molar-refractivity contribution in [2.24, 2.45) is 5.73 Å². The van der Waals surface area contributed by atoms with Gasteiger partial charge in [0.15, 0.2) is 0 Å². The number of ether oxygens (including phenoxy) is 1. The summed E-state index contributed by atoms with van der Waals surface area (Å²) >= 11 is 0. The zero-order valence-corrected chi connectivity index (χ0v) is 15.2. The first-order valence-corrected chi connectivity index (χ1v) is 9.20. The Labute approximate surface area is 159 Å². The van der Waals surface area contributed by atoms with Crippen LogP contribution in [0.3, 0.4) is 0 Å². The van der Waals surface area contributed by atoms with E-state index in [1.807, 2.05) is 54.6 Å². The third-order valence-electron chi connectivity index (χ3n) is 4.52. The molecule has 0 aliphatic carbocycles. The van der Waals surface area contributed by atoms with Crippen molar-refractivity contribution in [1.29, 1.82) is 0 Å². The molecule has 2 aromatic rings. The van der Waals surface area contributed by atoms with Crippen molar-refractivity contribution in [2.45, 2.75) is 38.0 Å². The van der Waals surface area contributed by atoms with Gasteiger partial charge in [-0.25, -0.2) is 0 Å². The summed E-state index contributed by atoms with van der Waals surface area (Å²) in [6.45, 7) is 0.984. The molecule has 1 aliphatic rings. The molecule has 0 aromatic heterocycles. The van der Waals surface area contributed by atoms with Gasteiger partial charge in [0.05, 0.1) is 6.04 Å². The molecule has 0 spiro atoms. The minimum atomic E-state index is -0.602. The normalized spacial score (nSPS) is 17.3. The molecule has 4 N–H and O–H groups in total. The highest BCUT2D eigenvalue weighted by Gasteiger charge is 2.23. The quantitative estimate of drug-likeness (QED) is 0.698. The van der Waals surface area contributed by atoms with Gasteiger partial charge >= 0.3 is 0 Å². The van der Waals surface area contributed by atoms with Crippen LogP contribution < -0.4 is 16.4 Å². The maximum atomic E-state index is 12.2. The largest absolute Gasteiger partial charge is 0.368 e. The van der Waals surface area contributed by atoms with Gasteiger partial charge in [-0.1, -0.05) is 42.5 Å². The summed E-state index contributed by atoms with van der Waals surface area (Å²) in [4.78, 5) is 24.4. The highest BCUT2D eigenvalue weighted by Crippen LogP contribution is 2.16. The summed E-state index contributed by atoms with van der Waals surface area (Å²) in [7, 11) is 0. The molecule has 2 amide bonds. The smallest absolute Gasteiger partial charge is 0.253 e. The predicted octanol–water partition coefficient (Wildman–Crippen LogP) is 1.99. The molecule has 6 heteroatoms. The molecule has 1 aliphatic heterocycles. The Bertz CT molecular complexity index is 773. The van der Waals surface area contributed by atoms with Gasteiger partial charge < -0.3 is 21.1 Å². The van der Waals surface area contributed by atoms with Gasteiger partial charge in [0.1, 0.15) is 6.10 Å². The number of hydrogen-bond acceptors (Lipinski definition) is 4. The third kappa shape index (κ3) is 5.64. The minimum Gasteiger partial charge on any atom is -0.368 e. The molecule has 2 aromatic carbocycles. The van der Waals surface area contributed by atoms with Gasteiger partial charge in [-0.3, -0.25) is 9.59 Å². The average molecular weight is 367 g/mol. The third-order valence-corrected chi connectivity index (χ3v) is 4.52. The van der Waals surface area contributed by atoms with E-state index in [-0.39, 0.29) is 17.9 Å². The van der Waals surface area contributed by atoms with Crippen molar-refractivity contribution in [2.75, 3.05) is 11.9 Å². The topological polar surface area (TPSA) is 93.5 Å². The molecular formula is C21H25N3O3. The van der Waals surface area contributed by atoms with Crippen LogP contribution in [0.15, 0.2) is 54.6 Å². The Balaban J connectivity index is 1.50. The van der Waals surface area contributed by atoms with Crippen molar-refractivity contribution in [3.63, 3.8) is 0 Å². The van der Waals surface area contributed by atoms with Gasteiger partial charge in [-0.2, -0.15) is 0 Å². The van der Waals surface area contributed by atoms with Crippen molar-refractivity contribution >= 4 is 17.5 Å². The number of benzene rings is 2. The zero-order chi connectivity index (χ0) is 19.1. The Kier molecular flexibility index (Phi) is 6.57. The second-order valence-electron chi connectivity index (χ2n) is 6.71. The van der Waals surface area contributed by atoms with E-state index in [0.717, 1.165) is 24.0 Å². The average Bonchev–Trinajstić information content (AvgIpc) is 3.22. The number of anilines is 1. The molecular weight excluding hydrogens is 342 g/mol. The van der Waals surface area contributed by atoms with E-state index in [0.29, 0.717) is 25.3 Å².